The van der Waals surface area contributed by atoms with Crippen LogP contribution >= 0.6 is 12.4 Å². The van der Waals surface area contributed by atoms with Gasteiger partial charge in [-0.3, -0.25) is 0 Å². The highest BCUT2D eigenvalue weighted by molar-refractivity contribution is 5.85. The van der Waals surface area contributed by atoms with E-state index >= 15 is 0 Å². The van der Waals surface area contributed by atoms with Gasteiger partial charge in [0.15, 0.2) is 0 Å². The van der Waals surface area contributed by atoms with Crippen LogP contribution in [0.2, 0.25) is 0 Å². The molecule has 6 heteroatoms. The van der Waals surface area contributed by atoms with Gasteiger partial charge in [0, 0.05) is 0 Å². The third-order valence-corrected chi connectivity index (χ3v) is 4.50. The molecule has 156 valence electrons. The summed E-state index contributed by atoms with van der Waals surface area (Å²) in [5.74, 6) is 2.91. The van der Waals surface area contributed by atoms with Gasteiger partial charge in [0.2, 0.25) is 0 Å². The minimum absolute atomic E-state index is 0. The van der Waals surface area contributed by atoms with Crippen molar-refractivity contribution in [2.24, 2.45) is 11.7 Å². The summed E-state index contributed by atoms with van der Waals surface area (Å²) >= 11 is 0. The Kier molecular flexibility index (Phi) is 11.9. The van der Waals surface area contributed by atoms with E-state index < -0.39 is 0 Å². The molecule has 0 aromatic heterocycles. The van der Waals surface area contributed by atoms with Gasteiger partial charge in [-0.25, -0.2) is 0 Å². The molecule has 0 atom stereocenters. The quantitative estimate of drug-likeness (QED) is 0.447. The molecule has 2 aromatic carbocycles. The van der Waals surface area contributed by atoms with E-state index in [2.05, 4.69) is 0 Å². The smallest absolute Gasteiger partial charge is 0.119 e. The molecule has 0 aliphatic heterocycles. The number of rotatable bonds is 7. The summed E-state index contributed by atoms with van der Waals surface area (Å²) in [7, 11) is 0. The lowest BCUT2D eigenvalue weighted by molar-refractivity contribution is 0.208. The summed E-state index contributed by atoms with van der Waals surface area (Å²) < 4.78 is 11.4. The van der Waals surface area contributed by atoms with Gasteiger partial charge in [-0.05, 0) is 80.3 Å². The Morgan fingerprint density at radius 2 is 1.29 bits per heavy atom. The molecule has 0 unspecified atom stereocenters. The van der Waals surface area contributed by atoms with E-state index in [-0.39, 0.29) is 23.9 Å². The number of hydrogen-bond acceptors (Lipinski definition) is 5. The lowest BCUT2D eigenvalue weighted by Crippen LogP contribution is -2.15. The van der Waals surface area contributed by atoms with E-state index in [1.54, 1.807) is 0 Å². The van der Waals surface area contributed by atoms with Crippen molar-refractivity contribution in [3.63, 3.8) is 0 Å². The minimum atomic E-state index is 0. The monoisotopic (exact) mass is 409 g/mol. The number of phenolic OH excluding ortho intramolecular Hbond substituents is 2. The van der Waals surface area contributed by atoms with E-state index in [9.17, 15) is 0 Å². The van der Waals surface area contributed by atoms with Crippen molar-refractivity contribution in [3.05, 3.63) is 48.5 Å². The number of ether oxygens (including phenoxy) is 2. The molecule has 1 fully saturated rings. The lowest BCUT2D eigenvalue weighted by atomic mass is 9.90. The fourth-order valence-corrected chi connectivity index (χ4v) is 2.93. The molecule has 1 aliphatic carbocycles. The van der Waals surface area contributed by atoms with Crippen LogP contribution in [0.15, 0.2) is 48.5 Å². The molecule has 4 N–H and O–H groups in total. The third kappa shape index (κ3) is 9.72. The highest BCUT2D eigenvalue weighted by Crippen LogP contribution is 2.25. The van der Waals surface area contributed by atoms with E-state index in [4.69, 9.17) is 25.4 Å². The van der Waals surface area contributed by atoms with E-state index in [1.807, 2.05) is 24.3 Å². The predicted octanol–water partition coefficient (Wildman–Crippen LogP) is 4.89. The summed E-state index contributed by atoms with van der Waals surface area (Å²) in [6.45, 7) is 2.20. The van der Waals surface area contributed by atoms with Gasteiger partial charge in [-0.15, -0.1) is 12.4 Å². The summed E-state index contributed by atoms with van der Waals surface area (Å²) in [5.41, 5.74) is 5.43. The zero-order chi connectivity index (χ0) is 19.3. The van der Waals surface area contributed by atoms with Crippen molar-refractivity contribution < 1.29 is 19.7 Å². The third-order valence-electron chi connectivity index (χ3n) is 4.50. The molecule has 28 heavy (non-hydrogen) atoms. The first kappa shape index (κ1) is 23.9. The minimum Gasteiger partial charge on any atom is -0.508 e. The van der Waals surface area contributed by atoms with Gasteiger partial charge in [-0.2, -0.15) is 0 Å². The lowest BCUT2D eigenvalue weighted by Gasteiger charge is -2.21. The Hall–Kier alpha value is -2.11. The topological polar surface area (TPSA) is 84.9 Å². The molecule has 0 bridgehead atoms. The number of aromatic hydroxyl groups is 2. The van der Waals surface area contributed by atoms with Crippen molar-refractivity contribution in [3.8, 4) is 23.0 Å². The van der Waals surface area contributed by atoms with Crippen molar-refractivity contribution in [1.29, 1.82) is 0 Å². The number of nitrogens with two attached hydrogens (primary N) is 1. The number of hydrogen-bond donors (Lipinski definition) is 3. The van der Waals surface area contributed by atoms with Crippen molar-refractivity contribution >= 4 is 12.4 Å². The van der Waals surface area contributed by atoms with Crippen LogP contribution in [0.5, 0.6) is 23.0 Å². The molecule has 1 aliphatic rings. The average molecular weight is 410 g/mol. The fraction of sp³-hybridized carbons (Fsp3) is 0.455. The van der Waals surface area contributed by atoms with Crippen LogP contribution in [0.3, 0.4) is 0 Å². The summed E-state index contributed by atoms with van der Waals surface area (Å²) in [4.78, 5) is 0. The molecule has 1 saturated carbocycles. The van der Waals surface area contributed by atoms with Crippen molar-refractivity contribution in [2.45, 2.75) is 38.5 Å². The summed E-state index contributed by atoms with van der Waals surface area (Å²) in [6.07, 6.45) is 7.65. The predicted molar refractivity (Wildman–Crippen MR) is 115 cm³/mol. The second kappa shape index (κ2) is 14.0. The van der Waals surface area contributed by atoms with Crippen LogP contribution in [-0.2, 0) is 0 Å². The molecule has 0 amide bonds. The molecule has 5 nitrogen and oxygen atoms in total. The molecular weight excluding hydrogens is 378 g/mol. The first-order valence-corrected chi connectivity index (χ1v) is 9.71. The van der Waals surface area contributed by atoms with E-state index in [1.165, 1.54) is 56.4 Å². The largest absolute Gasteiger partial charge is 0.508 e. The Morgan fingerprint density at radius 1 is 0.786 bits per heavy atom. The number of benzene rings is 2. The average Bonchev–Trinajstić information content (AvgIpc) is 2.71. The maximum Gasteiger partial charge on any atom is 0.119 e. The SMILES string of the molecule is Cl.NCCCOc1ccc(OCC2CCCCC2)cc1.Oc1ccc(O)cc1. The Labute approximate surface area is 173 Å². The van der Waals surface area contributed by atoms with Gasteiger partial charge in [0.25, 0.3) is 0 Å². The van der Waals surface area contributed by atoms with Crippen LogP contribution in [0.25, 0.3) is 0 Å². The zero-order valence-electron chi connectivity index (χ0n) is 16.3. The van der Waals surface area contributed by atoms with Crippen LogP contribution in [0.4, 0.5) is 0 Å². The van der Waals surface area contributed by atoms with Crippen molar-refractivity contribution in [2.75, 3.05) is 19.8 Å². The van der Waals surface area contributed by atoms with Crippen molar-refractivity contribution in [1.82, 2.24) is 0 Å². The highest BCUT2D eigenvalue weighted by atomic mass is 35.5. The number of phenols is 2. The van der Waals surface area contributed by atoms with Crippen LogP contribution in [-0.4, -0.2) is 30.0 Å². The van der Waals surface area contributed by atoms with E-state index in [0.29, 0.717) is 13.2 Å². The maximum absolute atomic E-state index is 8.65. The summed E-state index contributed by atoms with van der Waals surface area (Å²) in [5, 5.41) is 17.3. The second-order valence-corrected chi connectivity index (χ2v) is 6.79. The number of halogens is 1. The van der Waals surface area contributed by atoms with Gasteiger partial charge in [0.05, 0.1) is 13.2 Å². The first-order chi connectivity index (χ1) is 13.2. The fourth-order valence-electron chi connectivity index (χ4n) is 2.93. The van der Waals surface area contributed by atoms with Crippen LogP contribution < -0.4 is 15.2 Å². The normalized spacial score (nSPS) is 13.6. The Morgan fingerprint density at radius 3 is 1.79 bits per heavy atom. The van der Waals surface area contributed by atoms with Gasteiger partial charge >= 0.3 is 0 Å². The molecule has 0 radical (unpaired) electrons. The first-order valence-electron chi connectivity index (χ1n) is 9.71. The van der Waals surface area contributed by atoms with Gasteiger partial charge < -0.3 is 25.4 Å². The molecule has 0 spiro atoms. The van der Waals surface area contributed by atoms with Gasteiger partial charge in [-0.1, -0.05) is 19.3 Å². The summed E-state index contributed by atoms with van der Waals surface area (Å²) in [6, 6.07) is 13.6. The zero-order valence-corrected chi connectivity index (χ0v) is 17.1. The molecule has 2 aromatic rings. The van der Waals surface area contributed by atoms with Gasteiger partial charge in [0.1, 0.15) is 23.0 Å². The maximum atomic E-state index is 8.65. The van der Waals surface area contributed by atoms with E-state index in [0.717, 1.165) is 30.4 Å². The highest BCUT2D eigenvalue weighted by Gasteiger charge is 2.13. The molecule has 0 saturated heterocycles. The molecule has 0 heterocycles. The standard InChI is InChI=1S/C16H25NO2.C6H6O2.ClH/c17-11-4-12-18-15-7-9-16(10-8-15)19-13-14-5-2-1-3-6-14;7-5-1-2-6(8)4-3-5;/h7-10,14H,1-6,11-13,17H2;1-4,7-8H;1H. The second-order valence-electron chi connectivity index (χ2n) is 6.79. The van der Waals surface area contributed by atoms with Crippen LogP contribution in [0.1, 0.15) is 38.5 Å². The molecule has 3 rings (SSSR count). The van der Waals surface area contributed by atoms with Crippen LogP contribution in [0, 0.1) is 5.92 Å². The molecular formula is C22H32ClNO4. The Bertz CT molecular complexity index is 607. The Balaban J connectivity index is 0.000000367.